The summed E-state index contributed by atoms with van der Waals surface area (Å²) in [5.41, 5.74) is 2.30. The van der Waals surface area contributed by atoms with Gasteiger partial charge in [0.1, 0.15) is 5.75 Å². The van der Waals surface area contributed by atoms with Gasteiger partial charge in [0.15, 0.2) is 0 Å². The maximum Gasteiger partial charge on any atom is 0.208 e. The summed E-state index contributed by atoms with van der Waals surface area (Å²) in [5.74, 6) is 0.807. The molecule has 0 radical (unpaired) electrons. The molecule has 1 aromatic rings. The number of aryl methyl sites for hydroxylation is 2. The summed E-state index contributed by atoms with van der Waals surface area (Å²) in [6.07, 6.45) is 0. The summed E-state index contributed by atoms with van der Waals surface area (Å²) in [5, 5.41) is 0. The number of hydrogen-bond acceptors (Lipinski definition) is 2. The van der Waals surface area contributed by atoms with Gasteiger partial charge < -0.3 is 4.74 Å². The van der Waals surface area contributed by atoms with Crippen molar-refractivity contribution < 1.29 is 9.03 Å². The van der Waals surface area contributed by atoms with Gasteiger partial charge >= 0.3 is 0 Å². The van der Waals surface area contributed by atoms with E-state index in [4.69, 9.17) is 16.6 Å². The molecule has 0 heterocycles. The molecule has 2 nitrogen and oxygen atoms in total. The quantitative estimate of drug-likeness (QED) is 0.676. The summed E-state index contributed by atoms with van der Waals surface area (Å²) in [4.78, 5) is 0. The summed E-state index contributed by atoms with van der Waals surface area (Å²) in [6.45, 7) is 4.09. The molecule has 66 valence electrons. The van der Waals surface area contributed by atoms with Crippen LogP contribution < -0.4 is 4.74 Å². The van der Waals surface area contributed by atoms with Crippen molar-refractivity contribution in [2.45, 2.75) is 13.8 Å². The van der Waals surface area contributed by atoms with Crippen LogP contribution in [0.3, 0.4) is 0 Å². The Morgan fingerprint density at radius 3 is 2.67 bits per heavy atom. The first-order valence-electron chi connectivity index (χ1n) is 3.67. The van der Waals surface area contributed by atoms with E-state index in [9.17, 15) is 0 Å². The third-order valence-electron chi connectivity index (χ3n) is 1.59. The highest BCUT2D eigenvalue weighted by Gasteiger charge is 1.97. The average molecular weight is 187 g/mol. The summed E-state index contributed by atoms with van der Waals surface area (Å²) < 4.78 is 9.47. The Hall–Kier alpha value is -0.730. The summed E-state index contributed by atoms with van der Waals surface area (Å²) in [7, 11) is 0. The molecule has 1 rings (SSSR count). The van der Waals surface area contributed by atoms with Gasteiger partial charge in [0, 0.05) is 0 Å². The number of ether oxygens (including phenoxy) is 1. The third-order valence-corrected chi connectivity index (χ3v) is 1.68. The van der Waals surface area contributed by atoms with E-state index in [0.29, 0.717) is 0 Å². The van der Waals surface area contributed by atoms with E-state index in [-0.39, 0.29) is 6.79 Å². The van der Waals surface area contributed by atoms with E-state index in [2.05, 4.69) is 4.29 Å². The largest absolute Gasteiger partial charge is 0.466 e. The fourth-order valence-corrected chi connectivity index (χ4v) is 1.09. The molecule has 0 aromatic heterocycles. The van der Waals surface area contributed by atoms with E-state index in [1.54, 1.807) is 0 Å². The van der Waals surface area contributed by atoms with Crippen LogP contribution in [0.2, 0.25) is 0 Å². The maximum absolute atomic E-state index is 5.19. The van der Waals surface area contributed by atoms with Crippen LogP contribution in [0.1, 0.15) is 11.1 Å². The smallest absolute Gasteiger partial charge is 0.208 e. The van der Waals surface area contributed by atoms with Gasteiger partial charge in [-0.25, -0.2) is 4.29 Å². The second-order valence-electron chi connectivity index (χ2n) is 2.64. The van der Waals surface area contributed by atoms with Crippen molar-refractivity contribution in [3.8, 4) is 5.75 Å². The normalized spacial score (nSPS) is 9.92. The van der Waals surface area contributed by atoms with Crippen molar-refractivity contribution in [2.24, 2.45) is 0 Å². The Balaban J connectivity index is 2.72. The minimum Gasteiger partial charge on any atom is -0.466 e. The third kappa shape index (κ3) is 2.40. The van der Waals surface area contributed by atoms with Crippen LogP contribution >= 0.6 is 11.9 Å². The fraction of sp³-hybridized carbons (Fsp3) is 0.333. The summed E-state index contributed by atoms with van der Waals surface area (Å²) in [6, 6.07) is 5.93. The van der Waals surface area contributed by atoms with E-state index in [1.807, 2.05) is 32.0 Å². The van der Waals surface area contributed by atoms with Gasteiger partial charge in [-0.3, -0.25) is 0 Å². The second kappa shape index (κ2) is 4.33. The van der Waals surface area contributed by atoms with E-state index >= 15 is 0 Å². The molecule has 0 aliphatic carbocycles. The number of rotatable bonds is 3. The van der Waals surface area contributed by atoms with E-state index in [1.165, 1.54) is 5.56 Å². The highest BCUT2D eigenvalue weighted by molar-refractivity contribution is 6.07. The van der Waals surface area contributed by atoms with Crippen molar-refractivity contribution in [3.63, 3.8) is 0 Å². The van der Waals surface area contributed by atoms with Crippen LogP contribution in [0, 0.1) is 13.8 Å². The molecular weight excluding hydrogens is 176 g/mol. The molecule has 12 heavy (non-hydrogen) atoms. The Bertz CT molecular complexity index is 261. The molecule has 0 saturated heterocycles. The first-order chi connectivity index (χ1) is 5.74. The molecule has 0 unspecified atom stereocenters. The minimum atomic E-state index is 0.0749. The van der Waals surface area contributed by atoms with E-state index in [0.717, 1.165) is 11.3 Å². The predicted octanol–water partition coefficient (Wildman–Crippen LogP) is 2.81. The highest BCUT2D eigenvalue weighted by Crippen LogP contribution is 2.18. The minimum absolute atomic E-state index is 0.0749. The molecule has 1 aromatic carbocycles. The van der Waals surface area contributed by atoms with Gasteiger partial charge in [-0.15, -0.1) is 0 Å². The fourth-order valence-electron chi connectivity index (χ4n) is 1.05. The van der Waals surface area contributed by atoms with Gasteiger partial charge in [0.25, 0.3) is 0 Å². The molecule has 3 heteroatoms. The molecule has 0 spiro atoms. The highest BCUT2D eigenvalue weighted by atomic mass is 35.5. The van der Waals surface area contributed by atoms with Crippen LogP contribution in [0.25, 0.3) is 0 Å². The van der Waals surface area contributed by atoms with Gasteiger partial charge in [0.05, 0.1) is 11.9 Å². The lowest BCUT2D eigenvalue weighted by atomic mass is 10.1. The Morgan fingerprint density at radius 2 is 2.08 bits per heavy atom. The lowest BCUT2D eigenvalue weighted by Gasteiger charge is -2.06. The van der Waals surface area contributed by atoms with Crippen molar-refractivity contribution in [2.75, 3.05) is 6.79 Å². The second-order valence-corrected chi connectivity index (χ2v) is 2.86. The molecule has 0 bridgehead atoms. The average Bonchev–Trinajstić information content (AvgIpc) is 2.03. The zero-order valence-electron chi connectivity index (χ0n) is 7.13. The standard InChI is InChI=1S/C9H11ClO2/c1-7-3-4-9(8(2)5-7)11-6-12-10/h3-5H,6H2,1-2H3. The van der Waals surface area contributed by atoms with Crippen LogP contribution in [0.4, 0.5) is 0 Å². The van der Waals surface area contributed by atoms with Gasteiger partial charge in [0.2, 0.25) is 6.79 Å². The van der Waals surface area contributed by atoms with Crippen molar-refractivity contribution in [1.29, 1.82) is 0 Å². The lowest BCUT2D eigenvalue weighted by molar-refractivity contribution is 0.130. The molecular formula is C9H11ClO2. The zero-order chi connectivity index (χ0) is 8.97. The summed E-state index contributed by atoms with van der Waals surface area (Å²) >= 11 is 5.01. The SMILES string of the molecule is Cc1ccc(OCOCl)c(C)c1. The maximum atomic E-state index is 5.19. The monoisotopic (exact) mass is 186 g/mol. The molecule has 0 atom stereocenters. The number of hydrogen-bond donors (Lipinski definition) is 0. The molecule has 0 aliphatic heterocycles. The molecule has 0 aliphatic rings. The van der Waals surface area contributed by atoms with Crippen LogP contribution in [0.5, 0.6) is 5.75 Å². The van der Waals surface area contributed by atoms with Gasteiger partial charge in [-0.2, -0.15) is 0 Å². The topological polar surface area (TPSA) is 18.5 Å². The van der Waals surface area contributed by atoms with Crippen molar-refractivity contribution in [1.82, 2.24) is 0 Å². The number of benzene rings is 1. The molecule has 0 amide bonds. The van der Waals surface area contributed by atoms with Gasteiger partial charge in [-0.1, -0.05) is 17.7 Å². The first kappa shape index (κ1) is 9.36. The first-order valence-corrected chi connectivity index (χ1v) is 3.98. The van der Waals surface area contributed by atoms with E-state index < -0.39 is 0 Å². The Morgan fingerprint density at radius 1 is 1.33 bits per heavy atom. The van der Waals surface area contributed by atoms with Crippen molar-refractivity contribution in [3.05, 3.63) is 29.3 Å². The van der Waals surface area contributed by atoms with Crippen LogP contribution in [-0.4, -0.2) is 6.79 Å². The van der Waals surface area contributed by atoms with Gasteiger partial charge in [-0.05, 0) is 25.5 Å². The molecule has 0 fully saturated rings. The van der Waals surface area contributed by atoms with Crippen LogP contribution in [-0.2, 0) is 4.29 Å². The molecule has 0 N–H and O–H groups in total. The van der Waals surface area contributed by atoms with Crippen LogP contribution in [0.15, 0.2) is 18.2 Å². The van der Waals surface area contributed by atoms with Crippen molar-refractivity contribution >= 4 is 11.9 Å². The number of halogens is 1. The predicted molar refractivity (Wildman–Crippen MR) is 48.3 cm³/mol. The molecule has 0 saturated carbocycles. The Labute approximate surface area is 77.2 Å². The zero-order valence-corrected chi connectivity index (χ0v) is 7.89. The Kier molecular flexibility index (Phi) is 3.38. The lowest BCUT2D eigenvalue weighted by Crippen LogP contribution is -1.97.